The topological polar surface area (TPSA) is 72.8 Å². The molecule has 170 valence electrons. The number of aliphatic hydroxyl groups is 1. The van der Waals surface area contributed by atoms with E-state index in [1.54, 1.807) is 0 Å². The van der Waals surface area contributed by atoms with Gasteiger partial charge in [-0.05, 0) is 30.5 Å². The van der Waals surface area contributed by atoms with Gasteiger partial charge in [-0.15, -0.1) is 10.2 Å². The van der Waals surface area contributed by atoms with E-state index in [-0.39, 0.29) is 5.92 Å². The zero-order chi connectivity index (χ0) is 22.2. The first-order chi connectivity index (χ1) is 15.7. The van der Waals surface area contributed by atoms with E-state index in [0.29, 0.717) is 24.9 Å². The van der Waals surface area contributed by atoms with Crippen LogP contribution in [0.15, 0.2) is 65.1 Å². The van der Waals surface area contributed by atoms with Crippen LogP contribution in [0, 0.1) is 5.92 Å². The summed E-state index contributed by atoms with van der Waals surface area (Å²) >= 11 is 0. The van der Waals surface area contributed by atoms with E-state index in [0.717, 1.165) is 50.0 Å². The van der Waals surface area contributed by atoms with E-state index < -0.39 is 5.60 Å². The number of aromatic nitrogens is 2. The third-order valence-electron chi connectivity index (χ3n) is 6.42. The molecule has 1 aliphatic rings. The first-order valence-corrected chi connectivity index (χ1v) is 11.8. The predicted molar refractivity (Wildman–Crippen MR) is 122 cm³/mol. The van der Waals surface area contributed by atoms with E-state index in [2.05, 4.69) is 17.2 Å². The lowest BCUT2D eigenvalue weighted by molar-refractivity contribution is -0.895. The Bertz CT molecular complexity index is 941. The molecule has 1 fully saturated rings. The van der Waals surface area contributed by atoms with Gasteiger partial charge < -0.3 is 19.2 Å². The first-order valence-electron chi connectivity index (χ1n) is 11.8. The monoisotopic (exact) mass is 436 g/mol. The lowest BCUT2D eigenvalue weighted by Crippen LogP contribution is -3.07. The van der Waals surface area contributed by atoms with Crippen molar-refractivity contribution in [2.24, 2.45) is 5.92 Å². The van der Waals surface area contributed by atoms with Gasteiger partial charge in [0.1, 0.15) is 5.75 Å². The van der Waals surface area contributed by atoms with Gasteiger partial charge in [-0.2, -0.15) is 0 Å². The summed E-state index contributed by atoms with van der Waals surface area (Å²) < 4.78 is 11.9. The third-order valence-corrected chi connectivity index (χ3v) is 6.42. The minimum absolute atomic E-state index is 0.0900. The number of hydrogen-bond donors (Lipinski definition) is 2. The molecule has 6 nitrogen and oxygen atoms in total. The van der Waals surface area contributed by atoms with Crippen molar-refractivity contribution in [3.8, 4) is 5.75 Å². The van der Waals surface area contributed by atoms with Gasteiger partial charge in [0.25, 0.3) is 11.8 Å². The smallest absolute Gasteiger partial charge is 0.271 e. The van der Waals surface area contributed by atoms with Crippen LogP contribution in [0.25, 0.3) is 0 Å². The second-order valence-electron chi connectivity index (χ2n) is 8.87. The molecule has 1 saturated carbocycles. The maximum absolute atomic E-state index is 11.9. The van der Waals surface area contributed by atoms with E-state index in [9.17, 15) is 5.11 Å². The van der Waals surface area contributed by atoms with Crippen LogP contribution in [0.3, 0.4) is 0 Å². The Labute approximate surface area is 190 Å². The average Bonchev–Trinajstić information content (AvgIpc) is 3.32. The van der Waals surface area contributed by atoms with Crippen LogP contribution < -0.4 is 9.64 Å². The lowest BCUT2D eigenvalue weighted by Gasteiger charge is -2.36. The van der Waals surface area contributed by atoms with Gasteiger partial charge >= 0.3 is 0 Å². The second-order valence-corrected chi connectivity index (χ2v) is 8.87. The maximum atomic E-state index is 11.9. The van der Waals surface area contributed by atoms with Crippen molar-refractivity contribution < 1.29 is 19.2 Å². The third kappa shape index (κ3) is 5.37. The van der Waals surface area contributed by atoms with Gasteiger partial charge in [0.05, 0.1) is 20.2 Å². The first kappa shape index (κ1) is 22.5. The van der Waals surface area contributed by atoms with Gasteiger partial charge in [0, 0.05) is 12.3 Å². The fraction of sp³-hybridized carbons (Fsp3) is 0.462. The van der Waals surface area contributed by atoms with E-state index in [4.69, 9.17) is 9.15 Å². The highest BCUT2D eigenvalue weighted by molar-refractivity contribution is 5.29. The van der Waals surface area contributed by atoms with Gasteiger partial charge in [-0.1, -0.05) is 67.8 Å². The van der Waals surface area contributed by atoms with Crippen molar-refractivity contribution in [3.05, 3.63) is 78.0 Å². The number of hydrogen-bond acceptors (Lipinski definition) is 5. The summed E-state index contributed by atoms with van der Waals surface area (Å²) in [6.07, 6.45) is 6.33. The van der Waals surface area contributed by atoms with Crippen LogP contribution >= 0.6 is 0 Å². The highest BCUT2D eigenvalue weighted by Gasteiger charge is 2.45. The molecule has 1 aliphatic carbocycles. The molecule has 0 radical (unpaired) electrons. The van der Waals surface area contributed by atoms with Crippen LogP contribution in [0.2, 0.25) is 0 Å². The summed E-state index contributed by atoms with van der Waals surface area (Å²) in [5.41, 5.74) is -0.398. The Morgan fingerprint density at radius 2 is 1.69 bits per heavy atom. The van der Waals surface area contributed by atoms with Gasteiger partial charge in [0.15, 0.2) is 12.1 Å². The molecule has 2 unspecified atom stereocenters. The van der Waals surface area contributed by atoms with Crippen molar-refractivity contribution >= 4 is 0 Å². The highest BCUT2D eigenvalue weighted by atomic mass is 16.5. The van der Waals surface area contributed by atoms with E-state index in [1.807, 2.05) is 60.7 Å². The number of para-hydroxylation sites is 1. The Balaban J connectivity index is 1.38. The average molecular weight is 437 g/mol. The fourth-order valence-electron chi connectivity index (χ4n) is 4.65. The molecule has 0 amide bonds. The molecule has 2 atom stereocenters. The summed E-state index contributed by atoms with van der Waals surface area (Å²) in [6, 6.07) is 19.7. The van der Waals surface area contributed by atoms with Gasteiger partial charge in [-0.3, -0.25) is 0 Å². The molecule has 1 aromatic heterocycles. The summed E-state index contributed by atoms with van der Waals surface area (Å²) in [5.74, 6) is 1.87. The van der Waals surface area contributed by atoms with Crippen LogP contribution in [-0.4, -0.2) is 35.5 Å². The Morgan fingerprint density at radius 1 is 1.00 bits per heavy atom. The van der Waals surface area contributed by atoms with Gasteiger partial charge in [-0.25, -0.2) is 0 Å². The fourth-order valence-corrected chi connectivity index (χ4v) is 4.65. The largest absolute Gasteiger partial charge is 0.493 e. The van der Waals surface area contributed by atoms with Crippen LogP contribution in [0.5, 0.6) is 5.75 Å². The number of quaternary nitrogens is 1. The Morgan fingerprint density at radius 3 is 2.41 bits per heavy atom. The molecule has 4 rings (SSSR count). The molecule has 0 spiro atoms. The minimum atomic E-state index is -1.23. The van der Waals surface area contributed by atoms with Crippen molar-refractivity contribution in [1.29, 1.82) is 0 Å². The summed E-state index contributed by atoms with van der Waals surface area (Å²) in [5, 5.41) is 20.5. The SMILES string of the molecule is C[NH+](CCCOc1ccccc1)Cc1nnc(C(O)(c2ccccc2)C2CCCCC2)o1. The van der Waals surface area contributed by atoms with Crippen molar-refractivity contribution in [2.75, 3.05) is 20.2 Å². The van der Waals surface area contributed by atoms with Crippen LogP contribution in [-0.2, 0) is 12.1 Å². The molecule has 2 N–H and O–H groups in total. The van der Waals surface area contributed by atoms with Crippen LogP contribution in [0.4, 0.5) is 0 Å². The van der Waals surface area contributed by atoms with Crippen molar-refractivity contribution in [2.45, 2.75) is 50.7 Å². The second kappa shape index (κ2) is 10.7. The molecule has 1 heterocycles. The zero-order valence-corrected chi connectivity index (χ0v) is 18.9. The molecule has 0 bridgehead atoms. The number of benzene rings is 2. The summed E-state index contributed by atoms with van der Waals surface area (Å²) in [7, 11) is 2.11. The minimum Gasteiger partial charge on any atom is -0.493 e. The molecule has 2 aromatic carbocycles. The van der Waals surface area contributed by atoms with Crippen LogP contribution in [0.1, 0.15) is 55.9 Å². The molecular formula is C26H34N3O3+. The quantitative estimate of drug-likeness (QED) is 0.477. The molecule has 0 aliphatic heterocycles. The summed E-state index contributed by atoms with van der Waals surface area (Å²) in [4.78, 5) is 1.26. The van der Waals surface area contributed by atoms with Crippen molar-refractivity contribution in [3.63, 3.8) is 0 Å². The number of rotatable bonds is 10. The highest BCUT2D eigenvalue weighted by Crippen LogP contribution is 2.43. The summed E-state index contributed by atoms with van der Waals surface area (Å²) in [6.45, 7) is 2.22. The van der Waals surface area contributed by atoms with Gasteiger partial charge in [0.2, 0.25) is 0 Å². The zero-order valence-electron chi connectivity index (χ0n) is 18.9. The van der Waals surface area contributed by atoms with E-state index in [1.165, 1.54) is 11.3 Å². The molecule has 32 heavy (non-hydrogen) atoms. The Hall–Kier alpha value is -2.70. The number of nitrogens with one attached hydrogen (secondary N) is 1. The number of ether oxygens (including phenoxy) is 1. The Kier molecular flexibility index (Phi) is 7.55. The molecule has 3 aromatic rings. The molecule has 6 heteroatoms. The van der Waals surface area contributed by atoms with Crippen molar-refractivity contribution in [1.82, 2.24) is 10.2 Å². The predicted octanol–water partition coefficient (Wildman–Crippen LogP) is 3.37. The molecular weight excluding hydrogens is 402 g/mol. The maximum Gasteiger partial charge on any atom is 0.271 e. The lowest BCUT2D eigenvalue weighted by atomic mass is 9.73. The standard InChI is InChI=1S/C26H33N3O3/c1-29(18-11-19-31-23-16-9-4-10-17-23)20-24-27-28-25(32-24)26(30,21-12-5-2-6-13-21)22-14-7-3-8-15-22/h2,4-6,9-10,12-13,16-17,22,30H,3,7-8,11,14-15,18-20H2,1H3/p+1. The van der Waals surface area contributed by atoms with E-state index >= 15 is 0 Å². The normalized spacial score (nSPS) is 17.6. The molecule has 0 saturated heterocycles. The number of nitrogens with zero attached hydrogens (tertiary/aromatic N) is 2.